The van der Waals surface area contributed by atoms with Crippen molar-refractivity contribution in [2.75, 3.05) is 13.1 Å². The fourth-order valence-corrected chi connectivity index (χ4v) is 3.00. The van der Waals surface area contributed by atoms with Crippen LogP contribution in [-0.4, -0.2) is 46.8 Å². The van der Waals surface area contributed by atoms with Crippen LogP contribution in [0, 0.1) is 5.92 Å². The lowest BCUT2D eigenvalue weighted by atomic mass is 9.96. The first-order valence-electron chi connectivity index (χ1n) is 9.44. The van der Waals surface area contributed by atoms with E-state index in [1.807, 2.05) is 24.3 Å². The van der Waals surface area contributed by atoms with Crippen LogP contribution in [0.5, 0.6) is 0 Å². The van der Waals surface area contributed by atoms with Crippen molar-refractivity contribution in [3.63, 3.8) is 0 Å². The van der Waals surface area contributed by atoms with Gasteiger partial charge in [-0.25, -0.2) is 9.59 Å². The Morgan fingerprint density at radius 3 is 2.21 bits per heavy atom. The van der Waals surface area contributed by atoms with Crippen LogP contribution in [0.2, 0.25) is 0 Å². The molecule has 0 bridgehead atoms. The average Bonchev–Trinajstić information content (AvgIpc) is 2.63. The molecule has 1 aliphatic heterocycles. The summed E-state index contributed by atoms with van der Waals surface area (Å²) in [7, 11) is 0. The Balaban J connectivity index is 1.79. The Morgan fingerprint density at radius 1 is 1.11 bits per heavy atom. The van der Waals surface area contributed by atoms with E-state index < -0.39 is 17.8 Å². The summed E-state index contributed by atoms with van der Waals surface area (Å²) >= 11 is 0. The fraction of sp³-hybridized carbons (Fsp3) is 0.550. The van der Waals surface area contributed by atoms with Gasteiger partial charge in [0.25, 0.3) is 0 Å². The monoisotopic (exact) mass is 391 g/mol. The standard InChI is InChI=1S/C20H29N3O5/c1-20(2,3)28-18(25)22-13-15-6-4-5-14(11-15)12-21-17(24)16-7-9-23(10-8-16)19(26)27/h4-6,11,16H,7-10,12-13H2,1-3H3,(H,21,24)(H,22,25)(H,26,27). The molecule has 1 heterocycles. The van der Waals surface area contributed by atoms with E-state index in [4.69, 9.17) is 9.84 Å². The number of carbonyl (C=O) groups excluding carboxylic acids is 2. The highest BCUT2D eigenvalue weighted by Crippen LogP contribution is 2.17. The number of nitrogens with one attached hydrogen (secondary N) is 2. The predicted molar refractivity (Wildman–Crippen MR) is 104 cm³/mol. The summed E-state index contributed by atoms with van der Waals surface area (Å²) in [5.41, 5.74) is 1.30. The maximum atomic E-state index is 12.3. The van der Waals surface area contributed by atoms with Gasteiger partial charge in [0, 0.05) is 32.1 Å². The fourth-order valence-electron chi connectivity index (χ4n) is 3.00. The minimum Gasteiger partial charge on any atom is -0.465 e. The van der Waals surface area contributed by atoms with Gasteiger partial charge >= 0.3 is 12.2 Å². The highest BCUT2D eigenvalue weighted by atomic mass is 16.6. The maximum absolute atomic E-state index is 12.3. The number of ether oxygens (including phenoxy) is 1. The number of hydrogen-bond acceptors (Lipinski definition) is 4. The molecule has 2 rings (SSSR count). The van der Waals surface area contributed by atoms with Gasteiger partial charge in [-0.05, 0) is 44.7 Å². The van der Waals surface area contributed by atoms with Gasteiger partial charge in [0.15, 0.2) is 0 Å². The number of rotatable bonds is 5. The Kier molecular flexibility index (Phi) is 7.25. The lowest BCUT2D eigenvalue weighted by molar-refractivity contribution is -0.126. The van der Waals surface area contributed by atoms with Crippen molar-refractivity contribution in [3.05, 3.63) is 35.4 Å². The number of amides is 3. The van der Waals surface area contributed by atoms with Crippen LogP contribution < -0.4 is 10.6 Å². The molecule has 0 spiro atoms. The van der Waals surface area contributed by atoms with Crippen molar-refractivity contribution in [1.29, 1.82) is 0 Å². The molecule has 3 N–H and O–H groups in total. The van der Waals surface area contributed by atoms with Crippen molar-refractivity contribution >= 4 is 18.1 Å². The van der Waals surface area contributed by atoms with Crippen LogP contribution in [0.1, 0.15) is 44.7 Å². The average molecular weight is 391 g/mol. The lowest BCUT2D eigenvalue weighted by Crippen LogP contribution is -2.42. The van der Waals surface area contributed by atoms with E-state index in [1.165, 1.54) is 4.90 Å². The molecular weight excluding hydrogens is 362 g/mol. The molecule has 154 valence electrons. The molecule has 1 fully saturated rings. The third-order valence-electron chi connectivity index (χ3n) is 4.43. The molecule has 1 saturated heterocycles. The third-order valence-corrected chi connectivity index (χ3v) is 4.43. The van der Waals surface area contributed by atoms with E-state index >= 15 is 0 Å². The summed E-state index contributed by atoms with van der Waals surface area (Å²) in [4.78, 5) is 36.3. The zero-order valence-corrected chi connectivity index (χ0v) is 16.7. The molecule has 0 aliphatic carbocycles. The molecule has 1 aromatic rings. The van der Waals surface area contributed by atoms with E-state index in [1.54, 1.807) is 20.8 Å². The molecule has 8 nitrogen and oxygen atoms in total. The van der Waals surface area contributed by atoms with Crippen LogP contribution in [0.3, 0.4) is 0 Å². The lowest BCUT2D eigenvalue weighted by Gasteiger charge is -2.29. The zero-order valence-electron chi connectivity index (χ0n) is 16.7. The second kappa shape index (κ2) is 9.43. The summed E-state index contributed by atoms with van der Waals surface area (Å²) in [6.45, 7) is 6.92. The molecular formula is C20H29N3O5. The SMILES string of the molecule is CC(C)(C)OC(=O)NCc1cccc(CNC(=O)C2CCN(C(=O)O)CC2)c1. The smallest absolute Gasteiger partial charge is 0.407 e. The summed E-state index contributed by atoms with van der Waals surface area (Å²) in [5.74, 6) is -0.213. The minimum absolute atomic E-state index is 0.0534. The van der Waals surface area contributed by atoms with E-state index in [-0.39, 0.29) is 11.8 Å². The van der Waals surface area contributed by atoms with Gasteiger partial charge in [0.05, 0.1) is 0 Å². The molecule has 1 aromatic carbocycles. The normalized spacial score (nSPS) is 15.0. The molecule has 8 heteroatoms. The highest BCUT2D eigenvalue weighted by molar-refractivity contribution is 5.79. The second-order valence-electron chi connectivity index (χ2n) is 7.94. The highest BCUT2D eigenvalue weighted by Gasteiger charge is 2.26. The van der Waals surface area contributed by atoms with E-state index in [0.29, 0.717) is 39.0 Å². The molecule has 1 aliphatic rings. The van der Waals surface area contributed by atoms with Gasteiger partial charge in [-0.3, -0.25) is 4.79 Å². The van der Waals surface area contributed by atoms with Crippen molar-refractivity contribution < 1.29 is 24.2 Å². The van der Waals surface area contributed by atoms with Gasteiger partial charge in [-0.1, -0.05) is 24.3 Å². The Bertz CT molecular complexity index is 706. The molecule has 28 heavy (non-hydrogen) atoms. The Labute approximate surface area is 165 Å². The van der Waals surface area contributed by atoms with E-state index in [2.05, 4.69) is 10.6 Å². The molecule has 0 atom stereocenters. The molecule has 0 radical (unpaired) electrons. The van der Waals surface area contributed by atoms with Crippen molar-refractivity contribution in [3.8, 4) is 0 Å². The number of piperidine rings is 1. The van der Waals surface area contributed by atoms with Crippen molar-refractivity contribution in [1.82, 2.24) is 15.5 Å². The largest absolute Gasteiger partial charge is 0.465 e. The number of carboxylic acid groups (broad SMARTS) is 1. The second-order valence-corrected chi connectivity index (χ2v) is 7.94. The number of hydrogen-bond donors (Lipinski definition) is 3. The Hall–Kier alpha value is -2.77. The topological polar surface area (TPSA) is 108 Å². The van der Waals surface area contributed by atoms with Crippen LogP contribution in [0.25, 0.3) is 0 Å². The summed E-state index contributed by atoms with van der Waals surface area (Å²) in [5, 5.41) is 14.6. The zero-order chi connectivity index (χ0) is 20.7. The van der Waals surface area contributed by atoms with Gasteiger partial charge in [0.2, 0.25) is 5.91 Å². The molecule has 0 saturated carbocycles. The predicted octanol–water partition coefficient (Wildman–Crippen LogP) is 2.72. The van der Waals surface area contributed by atoms with Crippen LogP contribution in [-0.2, 0) is 22.6 Å². The van der Waals surface area contributed by atoms with Crippen LogP contribution in [0.15, 0.2) is 24.3 Å². The number of likely N-dealkylation sites (tertiary alicyclic amines) is 1. The van der Waals surface area contributed by atoms with Gasteiger partial charge in [-0.2, -0.15) is 0 Å². The maximum Gasteiger partial charge on any atom is 0.407 e. The summed E-state index contributed by atoms with van der Waals surface area (Å²) < 4.78 is 5.21. The quantitative estimate of drug-likeness (QED) is 0.715. The van der Waals surface area contributed by atoms with Crippen LogP contribution >= 0.6 is 0 Å². The van der Waals surface area contributed by atoms with Gasteiger partial charge < -0.3 is 25.4 Å². The van der Waals surface area contributed by atoms with Gasteiger partial charge in [0.1, 0.15) is 5.60 Å². The third kappa shape index (κ3) is 7.09. The number of nitrogens with zero attached hydrogens (tertiary/aromatic N) is 1. The van der Waals surface area contributed by atoms with Crippen molar-refractivity contribution in [2.24, 2.45) is 5.92 Å². The first-order valence-corrected chi connectivity index (χ1v) is 9.44. The molecule has 0 aromatic heterocycles. The first kappa shape index (κ1) is 21.5. The van der Waals surface area contributed by atoms with E-state index in [0.717, 1.165) is 11.1 Å². The number of carbonyl (C=O) groups is 3. The summed E-state index contributed by atoms with van der Waals surface area (Å²) in [6, 6.07) is 7.60. The van der Waals surface area contributed by atoms with Gasteiger partial charge in [-0.15, -0.1) is 0 Å². The Morgan fingerprint density at radius 2 is 1.68 bits per heavy atom. The number of alkyl carbamates (subject to hydrolysis) is 1. The summed E-state index contributed by atoms with van der Waals surface area (Å²) in [6.07, 6.45) is -0.328. The van der Waals surface area contributed by atoms with Crippen molar-refractivity contribution in [2.45, 2.75) is 52.3 Å². The number of benzene rings is 1. The van der Waals surface area contributed by atoms with Crippen LogP contribution in [0.4, 0.5) is 9.59 Å². The molecule has 0 unspecified atom stereocenters. The minimum atomic E-state index is -0.935. The molecule has 3 amide bonds. The van der Waals surface area contributed by atoms with E-state index in [9.17, 15) is 14.4 Å². The first-order chi connectivity index (χ1) is 13.1.